The maximum atomic E-state index is 12.5. The first-order chi connectivity index (χ1) is 16.9. The number of hydrogen-bond donors (Lipinski definition) is 1. The van der Waals surface area contributed by atoms with Crippen LogP contribution in [0.15, 0.2) is 94.9 Å². The Morgan fingerprint density at radius 2 is 1.50 bits per heavy atom. The molecule has 1 N–H and O–H groups in total. The summed E-state index contributed by atoms with van der Waals surface area (Å²) in [5.74, 6) is -2.28. The van der Waals surface area contributed by atoms with Crippen molar-refractivity contribution in [1.29, 1.82) is 0 Å². The van der Waals surface area contributed by atoms with Crippen LogP contribution in [0.1, 0.15) is 29.0 Å². The minimum Gasteiger partial charge on any atom is -0.861 e. The zero-order valence-electron chi connectivity index (χ0n) is 20.2. The zero-order chi connectivity index (χ0) is 25.2. The Morgan fingerprint density at radius 1 is 0.917 bits per heavy atom. The number of aliphatic hydroxyl groups excluding tert-OH is 1. The molecule has 0 amide bonds. The van der Waals surface area contributed by atoms with Crippen molar-refractivity contribution in [2.75, 3.05) is 27.2 Å². The van der Waals surface area contributed by atoms with Crippen molar-refractivity contribution in [2.24, 2.45) is 9.98 Å². The molecule has 0 saturated heterocycles. The molecule has 3 rings (SSSR count). The van der Waals surface area contributed by atoms with E-state index in [-0.39, 0.29) is 42.0 Å². The molecule has 0 saturated carbocycles. The fourth-order valence-corrected chi connectivity index (χ4v) is 3.90. The molecule has 0 heterocycles. The Hall–Kier alpha value is -3.32. The van der Waals surface area contributed by atoms with Gasteiger partial charge in [-0.05, 0) is 38.0 Å². The number of aliphatic imine (C=N–C) groups is 2. The van der Waals surface area contributed by atoms with Gasteiger partial charge in [-0.15, -0.1) is 0 Å². The van der Waals surface area contributed by atoms with Gasteiger partial charge in [-0.3, -0.25) is 9.98 Å². The number of nitrogens with zero attached hydrogens (tertiary/aromatic N) is 3. The van der Waals surface area contributed by atoms with Crippen molar-refractivity contribution in [3.05, 3.63) is 102 Å². The second-order valence-corrected chi connectivity index (χ2v) is 8.40. The maximum Gasteiger partial charge on any atom is 2.00 e. The number of para-hydroxylation sites is 1. The number of carboxylic acid groups (broad SMARTS) is 1. The molecule has 8 heteroatoms. The van der Waals surface area contributed by atoms with E-state index in [2.05, 4.69) is 4.99 Å². The van der Waals surface area contributed by atoms with Crippen LogP contribution in [-0.2, 0) is 21.3 Å². The molecule has 0 aromatic heterocycles. The Kier molecular flexibility index (Phi) is 11.5. The summed E-state index contributed by atoms with van der Waals surface area (Å²) in [4.78, 5) is 23.1. The average Bonchev–Trinajstić information content (AvgIpc) is 2.85. The Labute approximate surface area is 221 Å². The summed E-state index contributed by atoms with van der Waals surface area (Å²) >= 11 is 0. The summed E-state index contributed by atoms with van der Waals surface area (Å²) in [5.41, 5.74) is 2.74. The molecule has 190 valence electrons. The van der Waals surface area contributed by atoms with Gasteiger partial charge in [0.1, 0.15) is 0 Å². The monoisotopic (exact) mass is 529 g/mol. The van der Waals surface area contributed by atoms with Gasteiger partial charge < -0.3 is 25.0 Å². The Morgan fingerprint density at radius 3 is 2.08 bits per heavy atom. The number of carboxylic acids is 1. The van der Waals surface area contributed by atoms with Gasteiger partial charge in [-0.2, -0.15) is 0 Å². The second-order valence-electron chi connectivity index (χ2n) is 8.40. The average molecular weight is 530 g/mol. The summed E-state index contributed by atoms with van der Waals surface area (Å²) in [6, 6.07) is 24.0. The quantitative estimate of drug-likeness (QED) is 0.231. The Bertz CT molecular complexity index is 1170. The van der Waals surface area contributed by atoms with Crippen LogP contribution in [0.5, 0.6) is 0 Å². The zero-order valence-corrected chi connectivity index (χ0v) is 21.2. The second kappa shape index (κ2) is 14.3. The van der Waals surface area contributed by atoms with E-state index in [0.717, 1.165) is 5.56 Å². The summed E-state index contributed by atoms with van der Waals surface area (Å²) in [5, 5.41) is 34.5. The number of aliphatic hydroxyl groups is 1. The predicted octanol–water partition coefficient (Wildman–Crippen LogP) is 1.76. The third-order valence-corrected chi connectivity index (χ3v) is 5.46. The molecule has 0 unspecified atom stereocenters. The number of benzene rings is 3. The van der Waals surface area contributed by atoms with Crippen LogP contribution in [0.2, 0.25) is 0 Å². The number of carbonyl (C=O) groups excluding carboxylic acids is 1. The van der Waals surface area contributed by atoms with Crippen molar-refractivity contribution < 1.29 is 36.6 Å². The number of aliphatic carboxylic acids is 1. The first-order valence-electron chi connectivity index (χ1n) is 11.4. The van der Waals surface area contributed by atoms with Crippen molar-refractivity contribution >= 4 is 23.3 Å². The largest absolute Gasteiger partial charge is 2.00 e. The molecule has 0 aliphatic rings. The number of rotatable bonds is 11. The molecule has 0 fully saturated rings. The molecule has 0 bridgehead atoms. The molecule has 0 aliphatic carbocycles. The molecule has 3 aromatic rings. The maximum absolute atomic E-state index is 12.5. The van der Waals surface area contributed by atoms with E-state index in [1.54, 1.807) is 43.3 Å². The van der Waals surface area contributed by atoms with Gasteiger partial charge in [0.25, 0.3) is 0 Å². The van der Waals surface area contributed by atoms with Crippen LogP contribution >= 0.6 is 0 Å². The molecule has 0 spiro atoms. The van der Waals surface area contributed by atoms with Crippen LogP contribution in [0.3, 0.4) is 0 Å². The number of hydrogen-bond acceptors (Lipinski definition) is 7. The standard InChI is InChI=1S/C28H31N3O4.Ni/c1-31(2)19-25(33)29-24-16-10-9-15-23(24)26(21-13-7-4-8-14-21)30-27(28(34)35)22(17-18-32)20-11-5-3-6-12-20;/h3-16,22,27,32H,17-19H2,1-2H3,(H,29,33)(H,34,35);/q;+2/p-2/t22-,27+;/m0./s1. The minimum atomic E-state index is -1.35. The van der Waals surface area contributed by atoms with Crippen LogP contribution in [-0.4, -0.2) is 60.9 Å². The van der Waals surface area contributed by atoms with E-state index in [1.807, 2.05) is 60.7 Å². The van der Waals surface area contributed by atoms with E-state index in [1.165, 1.54) is 0 Å². The van der Waals surface area contributed by atoms with Gasteiger partial charge in [0, 0.05) is 30.2 Å². The third-order valence-electron chi connectivity index (χ3n) is 5.46. The molecule has 0 radical (unpaired) electrons. The fraction of sp³-hybridized carbons (Fsp3) is 0.250. The van der Waals surface area contributed by atoms with Crippen LogP contribution < -0.4 is 10.2 Å². The van der Waals surface area contributed by atoms with Crippen LogP contribution in [0.25, 0.3) is 0 Å². The molecular formula is C28H29N3NiO4. The van der Waals surface area contributed by atoms with Crippen molar-refractivity contribution in [3.63, 3.8) is 0 Å². The van der Waals surface area contributed by atoms with E-state index in [9.17, 15) is 20.1 Å². The molecule has 2 atom stereocenters. The molecule has 36 heavy (non-hydrogen) atoms. The smallest absolute Gasteiger partial charge is 0.861 e. The van der Waals surface area contributed by atoms with Crippen molar-refractivity contribution in [3.8, 4) is 0 Å². The molecule has 3 aromatic carbocycles. The van der Waals surface area contributed by atoms with E-state index >= 15 is 0 Å². The first-order valence-corrected chi connectivity index (χ1v) is 11.4. The summed E-state index contributed by atoms with van der Waals surface area (Å²) in [7, 11) is 3.57. The molecule has 7 nitrogen and oxygen atoms in total. The first kappa shape index (κ1) is 28.9. The molecular weight excluding hydrogens is 501 g/mol. The van der Waals surface area contributed by atoms with Gasteiger partial charge >= 0.3 is 16.5 Å². The number of likely N-dealkylation sites (N-methyl/N-ethyl adjacent to an activating group) is 1. The number of carbonyl (C=O) groups is 1. The van der Waals surface area contributed by atoms with Gasteiger partial charge in [0.2, 0.25) is 0 Å². The van der Waals surface area contributed by atoms with Gasteiger partial charge in [-0.25, -0.2) is 0 Å². The van der Waals surface area contributed by atoms with Crippen molar-refractivity contribution in [1.82, 2.24) is 4.90 Å². The van der Waals surface area contributed by atoms with E-state index in [4.69, 9.17) is 4.99 Å². The minimum absolute atomic E-state index is 0. The van der Waals surface area contributed by atoms with E-state index in [0.29, 0.717) is 22.5 Å². The normalized spacial score (nSPS) is 13.7. The van der Waals surface area contributed by atoms with E-state index < -0.39 is 17.9 Å². The SMILES string of the molecule is CN(C)CC([O-])=Nc1ccccc1C(=N[C@@H](C(=O)[O-])[C@@H](CCO)c1ccccc1)c1ccccc1.[Ni+2]. The van der Waals surface area contributed by atoms with Gasteiger partial charge in [0.05, 0.1) is 23.4 Å². The Balaban J connectivity index is 0.00000456. The molecule has 0 aliphatic heterocycles. The van der Waals surface area contributed by atoms with Crippen LogP contribution in [0, 0.1) is 0 Å². The topological polar surface area (TPSA) is 111 Å². The third kappa shape index (κ3) is 7.85. The fourth-order valence-electron chi connectivity index (χ4n) is 3.90. The summed E-state index contributed by atoms with van der Waals surface area (Å²) in [6.07, 6.45) is 0.196. The van der Waals surface area contributed by atoms with Crippen molar-refractivity contribution in [2.45, 2.75) is 18.4 Å². The van der Waals surface area contributed by atoms with Gasteiger partial charge in [-0.1, -0.05) is 78.9 Å². The summed E-state index contributed by atoms with van der Waals surface area (Å²) < 4.78 is 0. The summed E-state index contributed by atoms with van der Waals surface area (Å²) in [6.45, 7) is -0.0646. The van der Waals surface area contributed by atoms with Crippen LogP contribution in [0.4, 0.5) is 5.69 Å². The predicted molar refractivity (Wildman–Crippen MR) is 134 cm³/mol. The van der Waals surface area contributed by atoms with Gasteiger partial charge in [0.15, 0.2) is 0 Å².